The molecule has 0 aliphatic heterocycles. The van der Waals surface area contributed by atoms with E-state index in [4.69, 9.17) is 9.47 Å². The number of benzene rings is 15. The van der Waals surface area contributed by atoms with Gasteiger partial charge in [0.15, 0.2) is 0 Å². The summed E-state index contributed by atoms with van der Waals surface area (Å²) in [6.07, 6.45) is 0. The van der Waals surface area contributed by atoms with Crippen LogP contribution in [0.3, 0.4) is 0 Å². The monoisotopic (exact) mass is 1140 g/mol. The number of fused-ring (bicyclic) bond motifs is 16. The van der Waals surface area contributed by atoms with Crippen molar-refractivity contribution in [1.82, 2.24) is 0 Å². The molecule has 0 bridgehead atoms. The minimum Gasteiger partial charge on any atom is -0.496 e. The highest BCUT2D eigenvalue weighted by Gasteiger charge is 2.35. The van der Waals surface area contributed by atoms with E-state index in [0.29, 0.717) is 11.1 Å². The zero-order valence-corrected chi connectivity index (χ0v) is 46.8. The minimum absolute atomic E-state index is 0. The molecule has 0 heterocycles. The molecular weight excluding hydrogens is 1080 g/mol. The molecule has 420 valence electrons. The van der Waals surface area contributed by atoms with Gasteiger partial charge in [0.05, 0.1) is 37.5 Å². The smallest absolute Gasteiger partial charge is 0.127 e. The number of hydrogen-bond acceptors (Lipinski definition) is 4. The van der Waals surface area contributed by atoms with Gasteiger partial charge in [0.1, 0.15) is 11.5 Å². The SMILES string of the molecule is C.C.C.COc1ccc(OC)c2c1-c1cccc3c(-c4ccc5c6c(cccc46)-c4ccccc4-5)c4c(-c5ccccc5)cccc4c-2c13.N#Cc1ccc(C#N)c2c1-c1cccc3c(-c4ccc5c6c(cccc46)-c4ccccc4-5)c4ccccc4c-2c13. The zero-order chi connectivity index (χ0) is 57.1. The number of methoxy groups -OCH3 is 2. The lowest BCUT2D eigenvalue weighted by atomic mass is 9.82. The third-order valence-corrected chi connectivity index (χ3v) is 19.0. The molecule has 4 aliphatic rings. The topological polar surface area (TPSA) is 66.0 Å². The second kappa shape index (κ2) is 20.3. The number of ether oxygens (including phenoxy) is 2. The van der Waals surface area contributed by atoms with Crippen molar-refractivity contribution in [3.63, 3.8) is 0 Å². The van der Waals surface area contributed by atoms with Crippen LogP contribution in [0.2, 0.25) is 0 Å². The predicted octanol–water partition coefficient (Wildman–Crippen LogP) is 23.6. The van der Waals surface area contributed by atoms with E-state index in [-0.39, 0.29) is 22.3 Å². The maximum atomic E-state index is 10.1. The lowest BCUT2D eigenvalue weighted by Gasteiger charge is -2.20. The van der Waals surface area contributed by atoms with Crippen molar-refractivity contribution in [1.29, 1.82) is 10.5 Å². The van der Waals surface area contributed by atoms with Gasteiger partial charge < -0.3 is 9.47 Å². The molecule has 15 aromatic carbocycles. The largest absolute Gasteiger partial charge is 0.496 e. The predicted molar refractivity (Wildman–Crippen MR) is 375 cm³/mol. The van der Waals surface area contributed by atoms with Crippen molar-refractivity contribution in [2.24, 2.45) is 0 Å². The van der Waals surface area contributed by atoms with Gasteiger partial charge in [-0.25, -0.2) is 0 Å². The molecule has 0 N–H and O–H groups in total. The van der Waals surface area contributed by atoms with Crippen molar-refractivity contribution < 1.29 is 9.47 Å². The minimum atomic E-state index is 0. The molecule has 19 rings (SSSR count). The summed E-state index contributed by atoms with van der Waals surface area (Å²) >= 11 is 0. The average Bonchev–Trinajstić information content (AvgIpc) is 1.61. The van der Waals surface area contributed by atoms with Gasteiger partial charge in [0, 0.05) is 27.8 Å². The van der Waals surface area contributed by atoms with E-state index in [1.807, 2.05) is 12.1 Å². The lowest BCUT2D eigenvalue weighted by molar-refractivity contribution is 0.406. The maximum Gasteiger partial charge on any atom is 0.127 e. The molecule has 4 aliphatic carbocycles. The Labute approximate surface area is 518 Å². The van der Waals surface area contributed by atoms with Crippen molar-refractivity contribution in [3.05, 3.63) is 254 Å². The van der Waals surface area contributed by atoms with Gasteiger partial charge in [-0.1, -0.05) is 241 Å². The number of nitrogens with zero attached hydrogens (tertiary/aromatic N) is 2. The second-order valence-corrected chi connectivity index (χ2v) is 22.8. The first kappa shape index (κ1) is 54.1. The summed E-state index contributed by atoms with van der Waals surface area (Å²) in [5, 5.41) is 34.8. The molecule has 0 atom stereocenters. The van der Waals surface area contributed by atoms with Crippen molar-refractivity contribution in [3.8, 4) is 146 Å². The number of hydrogen-bond donors (Lipinski definition) is 0. The first-order valence-corrected chi connectivity index (χ1v) is 29.2. The molecule has 15 aromatic rings. The van der Waals surface area contributed by atoms with E-state index in [1.165, 1.54) is 132 Å². The number of nitriles is 2. The highest BCUT2D eigenvalue weighted by Crippen LogP contribution is 2.62. The van der Waals surface area contributed by atoms with Gasteiger partial charge in [0.2, 0.25) is 0 Å². The van der Waals surface area contributed by atoms with Crippen LogP contribution in [0.1, 0.15) is 33.4 Å². The Bertz CT molecular complexity index is 5640. The summed E-state index contributed by atoms with van der Waals surface area (Å²) in [4.78, 5) is 0. The normalized spacial score (nSPS) is 11.6. The molecule has 0 amide bonds. The van der Waals surface area contributed by atoms with E-state index in [1.54, 1.807) is 26.4 Å². The summed E-state index contributed by atoms with van der Waals surface area (Å²) in [5.41, 5.74) is 27.4. The zero-order valence-electron chi connectivity index (χ0n) is 46.8. The fourth-order valence-corrected chi connectivity index (χ4v) is 15.7. The third kappa shape index (κ3) is 7.15. The maximum absolute atomic E-state index is 10.1. The van der Waals surface area contributed by atoms with Crippen LogP contribution in [0.4, 0.5) is 0 Å². The van der Waals surface area contributed by atoms with E-state index in [2.05, 4.69) is 231 Å². The van der Waals surface area contributed by atoms with Crippen LogP contribution in [0.5, 0.6) is 11.5 Å². The van der Waals surface area contributed by atoms with Gasteiger partial charge in [-0.3, -0.25) is 0 Å². The Morgan fingerprint density at radius 3 is 1.10 bits per heavy atom. The van der Waals surface area contributed by atoms with Gasteiger partial charge in [0.25, 0.3) is 0 Å². The second-order valence-electron chi connectivity index (χ2n) is 22.8. The van der Waals surface area contributed by atoms with E-state index in [9.17, 15) is 10.5 Å². The molecule has 0 spiro atoms. The van der Waals surface area contributed by atoms with E-state index < -0.39 is 0 Å². The van der Waals surface area contributed by atoms with Crippen LogP contribution < -0.4 is 9.47 Å². The standard InChI is InChI=1S/C44H28O2.C38H18N2.3CH4/c1-45-36-23-24-37(46-2)44-42(36)34-19-10-18-33-40(39-26(25-11-4-3-5-12-25)15-8-20-35(39)43(44)41(33)34)32-22-21-31-28-14-7-6-13-27(28)29-16-9-17-30(32)38(29)31;39-19-21-15-16-22(20-40)34-33(21)31-13-6-14-32-36(26-9-3-4-10-28(26)38(34)37(31)32)30-18-17-29-24-8-2-1-7-23(24)25-11-5-12-27(30)35(25)29;;;/h3-24H,1-2H3;1-18H;3*1H4. The molecule has 0 saturated carbocycles. The third-order valence-electron chi connectivity index (χ3n) is 19.0. The molecule has 0 fully saturated rings. The Morgan fingerprint density at radius 1 is 0.225 bits per heavy atom. The quantitative estimate of drug-likeness (QED) is 0.161. The summed E-state index contributed by atoms with van der Waals surface area (Å²) < 4.78 is 12.1. The Balaban J connectivity index is 0.000000145. The van der Waals surface area contributed by atoms with E-state index in [0.717, 1.165) is 66.4 Å². The van der Waals surface area contributed by atoms with Crippen molar-refractivity contribution >= 4 is 64.6 Å². The lowest BCUT2D eigenvalue weighted by Crippen LogP contribution is -1.94. The Kier molecular flexibility index (Phi) is 12.3. The molecule has 0 radical (unpaired) electrons. The molecule has 4 nitrogen and oxygen atoms in total. The molecule has 0 aromatic heterocycles. The molecule has 4 heteroatoms. The molecule has 0 saturated heterocycles. The van der Waals surface area contributed by atoms with Gasteiger partial charge in [-0.15, -0.1) is 0 Å². The molecule has 89 heavy (non-hydrogen) atoms. The summed E-state index contributed by atoms with van der Waals surface area (Å²) in [7, 11) is 3.52. The van der Waals surface area contributed by atoms with Gasteiger partial charge in [-0.05, 0) is 183 Å². The van der Waals surface area contributed by atoms with Crippen LogP contribution in [0.25, 0.3) is 187 Å². The fraction of sp³-hybridized carbons (Fsp3) is 0.0588. The van der Waals surface area contributed by atoms with Gasteiger partial charge in [-0.2, -0.15) is 10.5 Å². The highest BCUT2D eigenvalue weighted by atomic mass is 16.5. The first-order chi connectivity index (χ1) is 42.6. The highest BCUT2D eigenvalue weighted by molar-refractivity contribution is 6.35. The van der Waals surface area contributed by atoms with Crippen molar-refractivity contribution in [2.75, 3.05) is 14.2 Å². The number of rotatable bonds is 5. The Morgan fingerprint density at radius 2 is 0.573 bits per heavy atom. The van der Waals surface area contributed by atoms with Crippen LogP contribution in [-0.2, 0) is 0 Å². The van der Waals surface area contributed by atoms with Crippen LogP contribution in [0, 0.1) is 22.7 Å². The Hall–Kier alpha value is -11.6. The van der Waals surface area contributed by atoms with Crippen molar-refractivity contribution in [2.45, 2.75) is 22.3 Å². The summed E-state index contributed by atoms with van der Waals surface area (Å²) in [6, 6.07) is 91.8. The molecule has 0 unspecified atom stereocenters. The molecular formula is C85H58N2O2. The van der Waals surface area contributed by atoms with Gasteiger partial charge >= 0.3 is 0 Å². The summed E-state index contributed by atoms with van der Waals surface area (Å²) in [5.74, 6) is 1.71. The first-order valence-electron chi connectivity index (χ1n) is 29.2. The van der Waals surface area contributed by atoms with Crippen LogP contribution in [-0.4, -0.2) is 14.2 Å². The van der Waals surface area contributed by atoms with Crippen LogP contribution >= 0.6 is 0 Å². The summed E-state index contributed by atoms with van der Waals surface area (Å²) in [6.45, 7) is 0. The average molecular weight is 1140 g/mol. The fourth-order valence-electron chi connectivity index (χ4n) is 15.7. The van der Waals surface area contributed by atoms with Crippen LogP contribution in [0.15, 0.2) is 243 Å². The van der Waals surface area contributed by atoms with E-state index >= 15 is 0 Å².